The van der Waals surface area contributed by atoms with Crippen molar-refractivity contribution in [2.24, 2.45) is 0 Å². The standard InChI is InChI=1S/C21H24N2O3/c1-2-17-8-10-18(11-9-17)20(24)16-22-12-14-23(15-13-22)21(25)26-19-6-4-3-5-7-19/h3-11H,2,12-16H2,1H3. The molecule has 2 aromatic carbocycles. The maximum Gasteiger partial charge on any atom is 0.415 e. The molecular formula is C21H24N2O3. The first kappa shape index (κ1) is 18.1. The molecule has 26 heavy (non-hydrogen) atoms. The minimum Gasteiger partial charge on any atom is -0.410 e. The molecule has 1 aliphatic rings. The van der Waals surface area contributed by atoms with Crippen LogP contribution in [0, 0.1) is 0 Å². The Hall–Kier alpha value is -2.66. The van der Waals surface area contributed by atoms with E-state index in [-0.39, 0.29) is 11.9 Å². The molecule has 0 unspecified atom stereocenters. The van der Waals surface area contributed by atoms with Gasteiger partial charge in [0.1, 0.15) is 5.75 Å². The van der Waals surface area contributed by atoms with Crippen molar-refractivity contribution in [3.05, 3.63) is 65.7 Å². The molecule has 5 heteroatoms. The highest BCUT2D eigenvalue weighted by Gasteiger charge is 2.24. The number of aryl methyl sites for hydroxylation is 1. The molecule has 0 spiro atoms. The van der Waals surface area contributed by atoms with Crippen molar-refractivity contribution in [3.63, 3.8) is 0 Å². The first-order chi connectivity index (χ1) is 12.7. The van der Waals surface area contributed by atoms with E-state index in [9.17, 15) is 9.59 Å². The summed E-state index contributed by atoms with van der Waals surface area (Å²) in [6, 6.07) is 16.9. The fourth-order valence-corrected chi connectivity index (χ4v) is 2.96. The van der Waals surface area contributed by atoms with E-state index in [4.69, 9.17) is 4.74 Å². The Labute approximate surface area is 154 Å². The summed E-state index contributed by atoms with van der Waals surface area (Å²) in [6.07, 6.45) is 0.632. The number of hydrogen-bond donors (Lipinski definition) is 0. The van der Waals surface area contributed by atoms with Crippen molar-refractivity contribution in [3.8, 4) is 5.75 Å². The normalized spacial score (nSPS) is 14.9. The molecule has 1 saturated heterocycles. The van der Waals surface area contributed by atoms with Gasteiger partial charge in [-0.05, 0) is 24.1 Å². The second-order valence-electron chi connectivity index (χ2n) is 6.42. The summed E-state index contributed by atoms with van der Waals surface area (Å²) in [5, 5.41) is 0. The summed E-state index contributed by atoms with van der Waals surface area (Å²) < 4.78 is 5.36. The molecule has 3 rings (SSSR count). The largest absolute Gasteiger partial charge is 0.415 e. The molecular weight excluding hydrogens is 328 g/mol. The maximum atomic E-state index is 12.4. The Balaban J connectivity index is 1.47. The molecule has 0 N–H and O–H groups in total. The number of piperazine rings is 1. The summed E-state index contributed by atoms with van der Waals surface area (Å²) >= 11 is 0. The van der Waals surface area contributed by atoms with Gasteiger partial charge in [-0.3, -0.25) is 9.69 Å². The number of benzene rings is 2. The summed E-state index contributed by atoms with van der Waals surface area (Å²) in [5.41, 5.74) is 1.97. The van der Waals surface area contributed by atoms with Crippen LogP contribution in [0.15, 0.2) is 54.6 Å². The minimum atomic E-state index is -0.336. The zero-order valence-corrected chi connectivity index (χ0v) is 15.1. The molecule has 0 saturated carbocycles. The lowest BCUT2D eigenvalue weighted by Gasteiger charge is -2.33. The summed E-state index contributed by atoms with van der Waals surface area (Å²) in [7, 11) is 0. The van der Waals surface area contributed by atoms with Gasteiger partial charge < -0.3 is 9.64 Å². The van der Waals surface area contributed by atoms with E-state index < -0.39 is 0 Å². The van der Waals surface area contributed by atoms with E-state index >= 15 is 0 Å². The SMILES string of the molecule is CCc1ccc(C(=O)CN2CCN(C(=O)Oc3ccccc3)CC2)cc1. The van der Waals surface area contributed by atoms with Gasteiger partial charge in [0.2, 0.25) is 0 Å². The van der Waals surface area contributed by atoms with Crippen molar-refractivity contribution in [2.75, 3.05) is 32.7 Å². The number of rotatable bonds is 5. The highest BCUT2D eigenvalue weighted by Crippen LogP contribution is 2.12. The molecule has 1 amide bonds. The average molecular weight is 352 g/mol. The molecule has 1 fully saturated rings. The molecule has 0 aromatic heterocycles. The minimum absolute atomic E-state index is 0.118. The quantitative estimate of drug-likeness (QED) is 0.775. The van der Waals surface area contributed by atoms with Crippen molar-refractivity contribution in [2.45, 2.75) is 13.3 Å². The molecule has 1 aliphatic heterocycles. The van der Waals surface area contributed by atoms with E-state index in [1.165, 1.54) is 5.56 Å². The Morgan fingerprint density at radius 3 is 2.19 bits per heavy atom. The van der Waals surface area contributed by atoms with Crippen LogP contribution in [-0.4, -0.2) is 54.4 Å². The van der Waals surface area contributed by atoms with E-state index in [1.807, 2.05) is 42.5 Å². The van der Waals surface area contributed by atoms with Crippen molar-refractivity contribution >= 4 is 11.9 Å². The fourth-order valence-electron chi connectivity index (χ4n) is 2.96. The van der Waals surface area contributed by atoms with Crippen LogP contribution < -0.4 is 4.74 Å². The van der Waals surface area contributed by atoms with Crippen LogP contribution in [0.4, 0.5) is 4.79 Å². The third kappa shape index (κ3) is 4.70. The smallest absolute Gasteiger partial charge is 0.410 e. The van der Waals surface area contributed by atoms with E-state index in [2.05, 4.69) is 11.8 Å². The number of Topliss-reactive ketones (excluding diaryl/α,β-unsaturated/α-hetero) is 1. The van der Waals surface area contributed by atoms with E-state index in [0.717, 1.165) is 12.0 Å². The van der Waals surface area contributed by atoms with Gasteiger partial charge in [-0.2, -0.15) is 0 Å². The molecule has 0 atom stereocenters. The van der Waals surface area contributed by atoms with Crippen LogP contribution in [0.5, 0.6) is 5.75 Å². The van der Waals surface area contributed by atoms with Crippen LogP contribution in [0.25, 0.3) is 0 Å². The van der Waals surface area contributed by atoms with Gasteiger partial charge >= 0.3 is 6.09 Å². The van der Waals surface area contributed by atoms with Crippen LogP contribution in [0.1, 0.15) is 22.8 Å². The van der Waals surface area contributed by atoms with Gasteiger partial charge in [0.25, 0.3) is 0 Å². The number of carbonyl (C=O) groups is 2. The lowest BCUT2D eigenvalue weighted by Crippen LogP contribution is -2.50. The van der Waals surface area contributed by atoms with Gasteiger partial charge in [0, 0.05) is 31.7 Å². The van der Waals surface area contributed by atoms with Crippen molar-refractivity contribution in [1.82, 2.24) is 9.80 Å². The Morgan fingerprint density at radius 1 is 0.923 bits per heavy atom. The first-order valence-electron chi connectivity index (χ1n) is 9.02. The number of amides is 1. The predicted octanol–water partition coefficient (Wildman–Crippen LogP) is 3.25. The lowest BCUT2D eigenvalue weighted by molar-refractivity contribution is 0.0845. The molecule has 5 nitrogen and oxygen atoms in total. The first-order valence-corrected chi connectivity index (χ1v) is 9.02. The second-order valence-corrected chi connectivity index (χ2v) is 6.42. The number of nitrogens with zero attached hydrogens (tertiary/aromatic N) is 2. The van der Waals surface area contributed by atoms with Gasteiger partial charge in [0.15, 0.2) is 5.78 Å². The van der Waals surface area contributed by atoms with Crippen LogP contribution >= 0.6 is 0 Å². The van der Waals surface area contributed by atoms with Crippen LogP contribution in [-0.2, 0) is 6.42 Å². The number of ketones is 1. The topological polar surface area (TPSA) is 49.9 Å². The van der Waals surface area contributed by atoms with Crippen LogP contribution in [0.2, 0.25) is 0 Å². The van der Waals surface area contributed by atoms with Gasteiger partial charge in [0.05, 0.1) is 6.54 Å². The molecule has 2 aromatic rings. The van der Waals surface area contributed by atoms with Crippen molar-refractivity contribution < 1.29 is 14.3 Å². The zero-order chi connectivity index (χ0) is 18.4. The highest BCUT2D eigenvalue weighted by molar-refractivity contribution is 5.97. The molecule has 0 radical (unpaired) electrons. The van der Waals surface area contributed by atoms with Gasteiger partial charge in [-0.25, -0.2) is 4.79 Å². The second kappa shape index (κ2) is 8.63. The maximum absolute atomic E-state index is 12.4. The summed E-state index contributed by atoms with van der Waals surface area (Å²) in [5.74, 6) is 0.665. The van der Waals surface area contributed by atoms with Crippen LogP contribution in [0.3, 0.4) is 0 Å². The third-order valence-corrected chi connectivity index (χ3v) is 4.63. The summed E-state index contributed by atoms with van der Waals surface area (Å²) in [6.45, 7) is 4.94. The van der Waals surface area contributed by atoms with E-state index in [1.54, 1.807) is 17.0 Å². The third-order valence-electron chi connectivity index (χ3n) is 4.63. The fraction of sp³-hybridized carbons (Fsp3) is 0.333. The Kier molecular flexibility index (Phi) is 6.02. The van der Waals surface area contributed by atoms with Crippen molar-refractivity contribution in [1.29, 1.82) is 0 Å². The van der Waals surface area contributed by atoms with Gasteiger partial charge in [-0.1, -0.05) is 49.4 Å². The number of para-hydroxylation sites is 1. The number of hydrogen-bond acceptors (Lipinski definition) is 4. The molecule has 1 heterocycles. The number of ether oxygens (including phenoxy) is 1. The number of carbonyl (C=O) groups excluding carboxylic acids is 2. The monoisotopic (exact) mass is 352 g/mol. The van der Waals surface area contributed by atoms with E-state index in [0.29, 0.717) is 38.5 Å². The average Bonchev–Trinajstić information content (AvgIpc) is 2.69. The Bertz CT molecular complexity index is 736. The zero-order valence-electron chi connectivity index (χ0n) is 15.1. The lowest BCUT2D eigenvalue weighted by atomic mass is 10.1. The Morgan fingerprint density at radius 2 is 1.58 bits per heavy atom. The molecule has 0 aliphatic carbocycles. The summed E-state index contributed by atoms with van der Waals surface area (Å²) in [4.78, 5) is 28.4. The molecule has 136 valence electrons. The highest BCUT2D eigenvalue weighted by atomic mass is 16.6. The predicted molar refractivity (Wildman–Crippen MR) is 101 cm³/mol. The van der Waals surface area contributed by atoms with Gasteiger partial charge in [-0.15, -0.1) is 0 Å². The molecule has 0 bridgehead atoms.